The van der Waals surface area contributed by atoms with Gasteiger partial charge in [-0.25, -0.2) is 0 Å². The van der Waals surface area contributed by atoms with Crippen LogP contribution in [0, 0.1) is 6.92 Å². The van der Waals surface area contributed by atoms with Gasteiger partial charge in [-0.2, -0.15) is 0 Å². The number of aryl methyl sites for hydroxylation is 1. The molecule has 2 heterocycles. The molecule has 0 bridgehead atoms. The summed E-state index contributed by atoms with van der Waals surface area (Å²) < 4.78 is 14.0. The predicted molar refractivity (Wildman–Crippen MR) is 159 cm³/mol. The van der Waals surface area contributed by atoms with E-state index in [1.54, 1.807) is 0 Å². The molecule has 0 N–H and O–H groups in total. The number of nitrogens with zero attached hydrogens (tertiary/aromatic N) is 2. The van der Waals surface area contributed by atoms with Gasteiger partial charge in [0.2, 0.25) is 5.91 Å². The van der Waals surface area contributed by atoms with E-state index in [1.807, 2.05) is 47.4 Å². The Hall–Kier alpha value is -4.35. The van der Waals surface area contributed by atoms with Crippen LogP contribution in [0.1, 0.15) is 34.6 Å². The van der Waals surface area contributed by atoms with E-state index in [4.69, 9.17) is 9.47 Å². The summed E-state index contributed by atoms with van der Waals surface area (Å²) in [4.78, 5) is 15.6. The van der Waals surface area contributed by atoms with Gasteiger partial charge in [0.15, 0.2) is 0 Å². The Balaban J connectivity index is 1.40. The molecule has 0 spiro atoms. The lowest BCUT2D eigenvalue weighted by atomic mass is 9.87. The first kappa shape index (κ1) is 25.9. The number of carbonyl (C=O) groups is 1. The third-order valence-electron chi connectivity index (χ3n) is 7.65. The summed E-state index contributed by atoms with van der Waals surface area (Å²) in [5.74, 6) is 1.57. The molecule has 5 aromatic rings. The molecule has 1 fully saturated rings. The molecule has 5 heteroatoms. The van der Waals surface area contributed by atoms with Crippen LogP contribution in [-0.2, 0) is 16.1 Å². The highest BCUT2D eigenvalue weighted by atomic mass is 16.5. The number of hydrogen-bond acceptors (Lipinski definition) is 3. The average Bonchev–Trinajstić information content (AvgIpc) is 3.36. The maximum atomic E-state index is 13.6. The first-order valence-corrected chi connectivity index (χ1v) is 14.0. The molecule has 1 aromatic heterocycles. The number of ether oxygens (including phenoxy) is 2. The Bertz CT molecular complexity index is 1580. The Morgan fingerprint density at radius 1 is 0.850 bits per heavy atom. The van der Waals surface area contributed by atoms with Gasteiger partial charge >= 0.3 is 0 Å². The average molecular weight is 531 g/mol. The molecular weight excluding hydrogens is 496 g/mol. The Morgan fingerprint density at radius 2 is 1.57 bits per heavy atom. The normalized spacial score (nSPS) is 14.3. The van der Waals surface area contributed by atoms with Crippen LogP contribution >= 0.6 is 0 Å². The maximum Gasteiger partial charge on any atom is 0.223 e. The third-order valence-corrected chi connectivity index (χ3v) is 7.65. The van der Waals surface area contributed by atoms with Gasteiger partial charge in [0.05, 0.1) is 13.2 Å². The molecule has 1 unspecified atom stereocenters. The first-order valence-electron chi connectivity index (χ1n) is 14.0. The third kappa shape index (κ3) is 5.80. The van der Waals surface area contributed by atoms with Crippen molar-refractivity contribution in [3.63, 3.8) is 0 Å². The summed E-state index contributed by atoms with van der Waals surface area (Å²) in [5, 5.41) is 1.17. The van der Waals surface area contributed by atoms with Crippen LogP contribution in [0.4, 0.5) is 0 Å². The van der Waals surface area contributed by atoms with E-state index < -0.39 is 0 Å². The zero-order chi connectivity index (χ0) is 27.3. The van der Waals surface area contributed by atoms with Crippen molar-refractivity contribution in [2.24, 2.45) is 0 Å². The number of carbonyl (C=O) groups excluding carboxylic acids is 1. The van der Waals surface area contributed by atoms with Gasteiger partial charge < -0.3 is 18.9 Å². The van der Waals surface area contributed by atoms with Crippen molar-refractivity contribution in [3.05, 3.63) is 132 Å². The molecule has 4 aromatic carbocycles. The zero-order valence-corrected chi connectivity index (χ0v) is 22.8. The summed E-state index contributed by atoms with van der Waals surface area (Å²) in [6.45, 7) is 5.33. The highest BCUT2D eigenvalue weighted by Gasteiger charge is 2.26. The van der Waals surface area contributed by atoms with Crippen molar-refractivity contribution < 1.29 is 14.3 Å². The van der Waals surface area contributed by atoms with Gasteiger partial charge in [-0.05, 0) is 53.9 Å². The monoisotopic (exact) mass is 530 g/mol. The van der Waals surface area contributed by atoms with Crippen LogP contribution in [0.2, 0.25) is 0 Å². The SMILES string of the molecule is Cc1ccc(Cn2cc(C(CC(=O)N3CCOCC3)c3cccc(Oc4ccccc4)c3)c3ccccc32)cc1. The Kier molecular flexibility index (Phi) is 7.64. The summed E-state index contributed by atoms with van der Waals surface area (Å²) in [6, 6.07) is 35.2. The number of morpholine rings is 1. The van der Waals surface area contributed by atoms with Gasteiger partial charge in [-0.3, -0.25) is 4.79 Å². The molecule has 40 heavy (non-hydrogen) atoms. The number of rotatable bonds is 8. The Morgan fingerprint density at radius 3 is 2.38 bits per heavy atom. The minimum Gasteiger partial charge on any atom is -0.457 e. The molecule has 5 nitrogen and oxygen atoms in total. The molecule has 1 amide bonds. The summed E-state index contributed by atoms with van der Waals surface area (Å²) in [7, 11) is 0. The van der Waals surface area contributed by atoms with Gasteiger partial charge in [0.25, 0.3) is 0 Å². The van der Waals surface area contributed by atoms with Crippen LogP contribution in [0.5, 0.6) is 11.5 Å². The maximum absolute atomic E-state index is 13.6. The largest absolute Gasteiger partial charge is 0.457 e. The van der Waals surface area contributed by atoms with Gasteiger partial charge in [-0.15, -0.1) is 0 Å². The number of hydrogen-bond donors (Lipinski definition) is 0. The summed E-state index contributed by atoms with van der Waals surface area (Å²) in [5.41, 5.74) is 5.88. The number of para-hydroxylation sites is 2. The topological polar surface area (TPSA) is 43.7 Å². The van der Waals surface area contributed by atoms with E-state index in [2.05, 4.69) is 78.4 Å². The van der Waals surface area contributed by atoms with Gasteiger partial charge in [-0.1, -0.05) is 78.4 Å². The molecular formula is C35H34N2O3. The van der Waals surface area contributed by atoms with E-state index >= 15 is 0 Å². The molecule has 1 aliphatic heterocycles. The predicted octanol–water partition coefficient (Wildman–Crippen LogP) is 7.17. The molecule has 202 valence electrons. The molecule has 0 radical (unpaired) electrons. The van der Waals surface area contributed by atoms with Crippen molar-refractivity contribution >= 4 is 16.8 Å². The summed E-state index contributed by atoms with van der Waals surface area (Å²) >= 11 is 0. The highest BCUT2D eigenvalue weighted by molar-refractivity contribution is 5.87. The Labute approximate surface area is 235 Å². The lowest BCUT2D eigenvalue weighted by molar-refractivity contribution is -0.135. The fourth-order valence-corrected chi connectivity index (χ4v) is 5.52. The summed E-state index contributed by atoms with van der Waals surface area (Å²) in [6.07, 6.45) is 2.62. The smallest absolute Gasteiger partial charge is 0.223 e. The molecule has 0 aliphatic carbocycles. The van der Waals surface area contributed by atoms with Crippen LogP contribution < -0.4 is 4.74 Å². The van der Waals surface area contributed by atoms with E-state index in [1.165, 1.54) is 22.0 Å². The van der Waals surface area contributed by atoms with Crippen molar-refractivity contribution in [2.75, 3.05) is 26.3 Å². The van der Waals surface area contributed by atoms with E-state index in [0.29, 0.717) is 32.7 Å². The number of fused-ring (bicyclic) bond motifs is 1. The fraction of sp³-hybridized carbons (Fsp3) is 0.229. The molecule has 0 saturated carbocycles. The van der Waals surface area contributed by atoms with E-state index in [0.717, 1.165) is 29.2 Å². The zero-order valence-electron chi connectivity index (χ0n) is 22.8. The van der Waals surface area contributed by atoms with Gasteiger partial charge in [0.1, 0.15) is 11.5 Å². The first-order chi connectivity index (χ1) is 19.6. The quantitative estimate of drug-likeness (QED) is 0.214. The standard InChI is InChI=1S/C35H34N2O3/c1-26-14-16-27(17-15-26)24-37-25-33(31-12-5-6-13-34(31)37)32(23-35(38)36-18-20-39-21-19-36)28-8-7-11-30(22-28)40-29-9-3-2-4-10-29/h2-17,22,25,32H,18-21,23-24H2,1H3. The molecule has 1 saturated heterocycles. The second-order valence-corrected chi connectivity index (χ2v) is 10.5. The minimum atomic E-state index is -0.126. The number of aromatic nitrogens is 1. The van der Waals surface area contributed by atoms with Crippen LogP contribution in [0.25, 0.3) is 10.9 Å². The van der Waals surface area contributed by atoms with E-state index in [9.17, 15) is 4.79 Å². The molecule has 6 rings (SSSR count). The van der Waals surface area contributed by atoms with Crippen molar-refractivity contribution in [3.8, 4) is 11.5 Å². The van der Waals surface area contributed by atoms with Crippen molar-refractivity contribution in [2.45, 2.75) is 25.8 Å². The number of benzene rings is 4. The molecule has 1 atom stereocenters. The van der Waals surface area contributed by atoms with Crippen molar-refractivity contribution in [1.82, 2.24) is 9.47 Å². The van der Waals surface area contributed by atoms with Crippen LogP contribution in [-0.4, -0.2) is 41.7 Å². The van der Waals surface area contributed by atoms with E-state index in [-0.39, 0.29) is 11.8 Å². The minimum absolute atomic E-state index is 0.126. The molecule has 1 aliphatic rings. The fourth-order valence-electron chi connectivity index (χ4n) is 5.52. The van der Waals surface area contributed by atoms with Crippen LogP contribution in [0.3, 0.4) is 0 Å². The lowest BCUT2D eigenvalue weighted by Gasteiger charge is -2.29. The number of amides is 1. The highest BCUT2D eigenvalue weighted by Crippen LogP contribution is 2.37. The van der Waals surface area contributed by atoms with Crippen molar-refractivity contribution in [1.29, 1.82) is 0 Å². The second kappa shape index (κ2) is 11.8. The van der Waals surface area contributed by atoms with Crippen LogP contribution in [0.15, 0.2) is 109 Å². The second-order valence-electron chi connectivity index (χ2n) is 10.5. The van der Waals surface area contributed by atoms with Gasteiger partial charge in [0, 0.05) is 49.1 Å². The lowest BCUT2D eigenvalue weighted by Crippen LogP contribution is -2.41.